The van der Waals surface area contributed by atoms with Crippen LogP contribution in [0.15, 0.2) is 29.3 Å². The number of aliphatic imine (C=N–C) groups is 1. The van der Waals surface area contributed by atoms with Gasteiger partial charge in [-0.05, 0) is 43.5 Å². The number of benzene rings is 1. The van der Waals surface area contributed by atoms with Crippen molar-refractivity contribution < 1.29 is 9.84 Å². The zero-order valence-electron chi connectivity index (χ0n) is 10.5. The highest BCUT2D eigenvalue weighted by atomic mass is 16.5. The highest BCUT2D eigenvalue weighted by Gasteiger charge is 2.34. The van der Waals surface area contributed by atoms with Crippen LogP contribution in [0, 0.1) is 0 Å². The number of amidine groups is 1. The van der Waals surface area contributed by atoms with Gasteiger partial charge >= 0.3 is 0 Å². The maximum Gasteiger partial charge on any atom is 0.128 e. The lowest BCUT2D eigenvalue weighted by molar-refractivity contribution is 0.112. The zero-order valence-corrected chi connectivity index (χ0v) is 10.5. The monoisotopic (exact) mass is 246 g/mol. The lowest BCUT2D eigenvalue weighted by atomic mass is 9.90. The molecule has 96 valence electrons. The third-order valence-electron chi connectivity index (χ3n) is 3.77. The molecule has 3 rings (SSSR count). The lowest BCUT2D eigenvalue weighted by Gasteiger charge is -2.27. The Morgan fingerprint density at radius 1 is 1.28 bits per heavy atom. The van der Waals surface area contributed by atoms with Crippen LogP contribution in [0.2, 0.25) is 0 Å². The molecule has 1 aliphatic carbocycles. The first kappa shape index (κ1) is 11.5. The molecule has 3 atom stereocenters. The van der Waals surface area contributed by atoms with Crippen molar-refractivity contribution in [3.8, 4) is 5.75 Å². The number of methoxy groups -OCH3 is 1. The van der Waals surface area contributed by atoms with Crippen molar-refractivity contribution in [3.05, 3.63) is 29.8 Å². The number of aliphatic hydroxyl groups is 1. The Morgan fingerprint density at radius 2 is 2.06 bits per heavy atom. The van der Waals surface area contributed by atoms with E-state index in [9.17, 15) is 5.11 Å². The van der Waals surface area contributed by atoms with Crippen LogP contribution >= 0.6 is 0 Å². The van der Waals surface area contributed by atoms with Crippen LogP contribution in [-0.4, -0.2) is 36.2 Å². The van der Waals surface area contributed by atoms with Crippen LogP contribution in [0.4, 0.5) is 0 Å². The molecule has 4 heteroatoms. The van der Waals surface area contributed by atoms with E-state index in [4.69, 9.17) is 9.73 Å². The number of nitrogens with zero attached hydrogens (tertiary/aromatic N) is 1. The number of fused-ring (bicyclic) bond motifs is 1. The summed E-state index contributed by atoms with van der Waals surface area (Å²) in [6.07, 6.45) is 2.46. The molecule has 1 aliphatic heterocycles. The van der Waals surface area contributed by atoms with Gasteiger partial charge in [0, 0.05) is 5.56 Å². The van der Waals surface area contributed by atoms with Crippen molar-refractivity contribution in [2.45, 2.75) is 37.5 Å². The van der Waals surface area contributed by atoms with E-state index in [1.54, 1.807) is 7.11 Å². The van der Waals surface area contributed by atoms with Gasteiger partial charge in [0.15, 0.2) is 0 Å². The number of aliphatic hydroxyl groups excluding tert-OH is 1. The summed E-state index contributed by atoms with van der Waals surface area (Å²) in [5.74, 6) is 1.80. The topological polar surface area (TPSA) is 53.9 Å². The minimum absolute atomic E-state index is 0.177. The van der Waals surface area contributed by atoms with E-state index >= 15 is 0 Å². The molecule has 0 amide bonds. The second kappa shape index (κ2) is 4.61. The fourth-order valence-corrected chi connectivity index (χ4v) is 2.73. The lowest BCUT2D eigenvalue weighted by Crippen LogP contribution is -2.41. The van der Waals surface area contributed by atoms with E-state index in [0.29, 0.717) is 12.1 Å². The molecule has 0 saturated heterocycles. The van der Waals surface area contributed by atoms with Gasteiger partial charge in [-0.3, -0.25) is 4.99 Å². The van der Waals surface area contributed by atoms with Crippen LogP contribution in [0.1, 0.15) is 24.8 Å². The summed E-state index contributed by atoms with van der Waals surface area (Å²) in [6, 6.07) is 8.53. The molecule has 0 aromatic heterocycles. The van der Waals surface area contributed by atoms with Gasteiger partial charge in [-0.2, -0.15) is 0 Å². The number of rotatable bonds is 2. The van der Waals surface area contributed by atoms with Gasteiger partial charge in [0.05, 0.1) is 25.3 Å². The van der Waals surface area contributed by atoms with Gasteiger partial charge in [0.2, 0.25) is 0 Å². The summed E-state index contributed by atoms with van der Waals surface area (Å²) in [6.45, 7) is 0. The van der Waals surface area contributed by atoms with Crippen LogP contribution in [-0.2, 0) is 0 Å². The fourth-order valence-electron chi connectivity index (χ4n) is 2.73. The highest BCUT2D eigenvalue weighted by Crippen LogP contribution is 2.26. The molecule has 1 fully saturated rings. The van der Waals surface area contributed by atoms with Gasteiger partial charge in [-0.1, -0.05) is 0 Å². The Balaban J connectivity index is 1.77. The molecular formula is C14H18N2O2. The van der Waals surface area contributed by atoms with Gasteiger partial charge in [0.25, 0.3) is 0 Å². The minimum Gasteiger partial charge on any atom is -0.497 e. The molecule has 0 radical (unpaired) electrons. The molecule has 3 unspecified atom stereocenters. The number of hydrogen-bond acceptors (Lipinski definition) is 4. The van der Waals surface area contributed by atoms with E-state index in [-0.39, 0.29) is 6.10 Å². The maximum atomic E-state index is 9.67. The second-order valence-corrected chi connectivity index (χ2v) is 4.99. The summed E-state index contributed by atoms with van der Waals surface area (Å²) < 4.78 is 5.15. The Morgan fingerprint density at radius 3 is 2.78 bits per heavy atom. The Bertz CT molecular complexity index is 455. The summed E-state index contributed by atoms with van der Waals surface area (Å²) in [5.41, 5.74) is 1.08. The van der Waals surface area contributed by atoms with Crippen LogP contribution < -0.4 is 10.1 Å². The number of ether oxygens (including phenoxy) is 1. The zero-order chi connectivity index (χ0) is 12.5. The molecule has 0 spiro atoms. The fraction of sp³-hybridized carbons (Fsp3) is 0.500. The summed E-state index contributed by atoms with van der Waals surface area (Å²) in [7, 11) is 1.66. The van der Waals surface area contributed by atoms with Gasteiger partial charge in [-0.15, -0.1) is 0 Å². The smallest absolute Gasteiger partial charge is 0.128 e. The van der Waals surface area contributed by atoms with E-state index in [2.05, 4.69) is 5.32 Å². The standard InChI is InChI=1S/C14H18N2O2/c1-18-11-5-2-9(3-6-11)14-15-12-7-4-10(17)8-13(12)16-14/h2-3,5-6,10,12-13,17H,4,7-8H2,1H3,(H,15,16). The average molecular weight is 246 g/mol. The van der Waals surface area contributed by atoms with E-state index < -0.39 is 0 Å². The Labute approximate surface area is 107 Å². The van der Waals surface area contributed by atoms with Crippen molar-refractivity contribution in [2.75, 3.05) is 7.11 Å². The largest absolute Gasteiger partial charge is 0.497 e. The van der Waals surface area contributed by atoms with Crippen LogP contribution in [0.25, 0.3) is 0 Å². The molecule has 2 aliphatic rings. The number of nitrogens with one attached hydrogen (secondary N) is 1. The van der Waals surface area contributed by atoms with E-state index in [1.807, 2.05) is 24.3 Å². The molecule has 18 heavy (non-hydrogen) atoms. The first-order chi connectivity index (χ1) is 8.76. The molecule has 2 N–H and O–H groups in total. The molecule has 4 nitrogen and oxygen atoms in total. The van der Waals surface area contributed by atoms with E-state index in [0.717, 1.165) is 36.4 Å². The SMILES string of the molecule is COc1ccc(C2=NC3CCC(O)CC3N2)cc1. The van der Waals surface area contributed by atoms with Gasteiger partial charge < -0.3 is 15.2 Å². The highest BCUT2D eigenvalue weighted by molar-refractivity contribution is 6.00. The average Bonchev–Trinajstić information content (AvgIpc) is 2.81. The maximum absolute atomic E-state index is 9.67. The number of hydrogen-bond donors (Lipinski definition) is 2. The van der Waals surface area contributed by atoms with E-state index in [1.165, 1.54) is 0 Å². The van der Waals surface area contributed by atoms with Crippen molar-refractivity contribution in [2.24, 2.45) is 4.99 Å². The summed E-state index contributed by atoms with van der Waals surface area (Å²) >= 11 is 0. The Kier molecular flexibility index (Phi) is 2.96. The summed E-state index contributed by atoms with van der Waals surface area (Å²) in [5, 5.41) is 13.1. The predicted octanol–water partition coefficient (Wildman–Crippen LogP) is 1.33. The Hall–Kier alpha value is -1.55. The van der Waals surface area contributed by atoms with Gasteiger partial charge in [-0.25, -0.2) is 0 Å². The predicted molar refractivity (Wildman–Crippen MR) is 70.1 cm³/mol. The van der Waals surface area contributed by atoms with Crippen LogP contribution in [0.3, 0.4) is 0 Å². The molecule has 1 saturated carbocycles. The molecule has 1 heterocycles. The third-order valence-corrected chi connectivity index (χ3v) is 3.77. The second-order valence-electron chi connectivity index (χ2n) is 4.99. The van der Waals surface area contributed by atoms with Crippen molar-refractivity contribution >= 4 is 5.84 Å². The quantitative estimate of drug-likeness (QED) is 0.827. The molecule has 1 aromatic rings. The normalized spacial score (nSPS) is 30.3. The molecular weight excluding hydrogens is 228 g/mol. The minimum atomic E-state index is -0.177. The van der Waals surface area contributed by atoms with Crippen molar-refractivity contribution in [3.63, 3.8) is 0 Å². The third kappa shape index (κ3) is 2.08. The first-order valence-electron chi connectivity index (χ1n) is 6.43. The first-order valence-corrected chi connectivity index (χ1v) is 6.43. The molecule has 0 bridgehead atoms. The van der Waals surface area contributed by atoms with Crippen molar-refractivity contribution in [1.29, 1.82) is 0 Å². The van der Waals surface area contributed by atoms with Crippen molar-refractivity contribution in [1.82, 2.24) is 5.32 Å². The molecule has 1 aromatic carbocycles. The summed E-state index contributed by atoms with van der Waals surface area (Å²) in [4.78, 5) is 4.72. The van der Waals surface area contributed by atoms with Gasteiger partial charge in [0.1, 0.15) is 11.6 Å². The van der Waals surface area contributed by atoms with Crippen LogP contribution in [0.5, 0.6) is 5.75 Å².